The third-order valence-electron chi connectivity index (χ3n) is 2.53. The van der Waals surface area contributed by atoms with Crippen LogP contribution in [0.2, 0.25) is 0 Å². The maximum atomic E-state index is 5.88. The molecule has 3 N–H and O–H groups in total. The van der Waals surface area contributed by atoms with Crippen LogP contribution in [-0.2, 0) is 0 Å². The van der Waals surface area contributed by atoms with Crippen LogP contribution >= 0.6 is 11.5 Å². The highest BCUT2D eigenvalue weighted by molar-refractivity contribution is 7.09. The SMILES string of the molecule is CC(C)c1nsc(NC(C)(C)C(C)N)n1. The molecule has 1 heterocycles. The van der Waals surface area contributed by atoms with Gasteiger partial charge in [0.15, 0.2) is 0 Å². The highest BCUT2D eigenvalue weighted by atomic mass is 32.1. The molecular weight excluding hydrogens is 208 g/mol. The number of rotatable bonds is 4. The van der Waals surface area contributed by atoms with E-state index in [1.54, 1.807) is 0 Å². The highest BCUT2D eigenvalue weighted by Gasteiger charge is 2.24. The van der Waals surface area contributed by atoms with Crippen molar-refractivity contribution in [3.8, 4) is 0 Å². The normalized spacial score (nSPS) is 14.3. The van der Waals surface area contributed by atoms with Crippen LogP contribution in [0.5, 0.6) is 0 Å². The van der Waals surface area contributed by atoms with E-state index in [4.69, 9.17) is 5.73 Å². The molecular formula is C10H20N4S. The van der Waals surface area contributed by atoms with Crippen LogP contribution in [-0.4, -0.2) is 20.9 Å². The lowest BCUT2D eigenvalue weighted by Gasteiger charge is -2.29. The van der Waals surface area contributed by atoms with Gasteiger partial charge in [-0.15, -0.1) is 0 Å². The van der Waals surface area contributed by atoms with Crippen LogP contribution in [0, 0.1) is 0 Å². The molecule has 86 valence electrons. The standard InChI is InChI=1S/C10H20N4S/c1-6(2)8-12-9(15-14-8)13-10(4,5)7(3)11/h6-7H,11H2,1-5H3,(H,12,13,14). The molecule has 0 saturated heterocycles. The lowest BCUT2D eigenvalue weighted by Crippen LogP contribution is -2.47. The molecule has 0 aliphatic heterocycles. The summed E-state index contributed by atoms with van der Waals surface area (Å²) >= 11 is 1.39. The van der Waals surface area contributed by atoms with E-state index in [2.05, 4.69) is 42.4 Å². The van der Waals surface area contributed by atoms with Gasteiger partial charge in [-0.1, -0.05) is 13.8 Å². The van der Waals surface area contributed by atoms with Gasteiger partial charge < -0.3 is 11.1 Å². The Labute approximate surface area is 95.5 Å². The molecule has 1 atom stereocenters. The van der Waals surface area contributed by atoms with Crippen molar-refractivity contribution in [1.82, 2.24) is 9.36 Å². The Morgan fingerprint density at radius 1 is 1.33 bits per heavy atom. The molecule has 0 spiro atoms. The van der Waals surface area contributed by atoms with E-state index >= 15 is 0 Å². The Morgan fingerprint density at radius 2 is 1.93 bits per heavy atom. The topological polar surface area (TPSA) is 63.8 Å². The van der Waals surface area contributed by atoms with Crippen LogP contribution in [0.3, 0.4) is 0 Å². The molecule has 1 unspecified atom stereocenters. The van der Waals surface area contributed by atoms with E-state index in [1.807, 2.05) is 6.92 Å². The van der Waals surface area contributed by atoms with E-state index in [0.29, 0.717) is 5.92 Å². The molecule has 1 aromatic heterocycles. The lowest BCUT2D eigenvalue weighted by atomic mass is 9.97. The maximum Gasteiger partial charge on any atom is 0.203 e. The zero-order valence-electron chi connectivity index (χ0n) is 10.0. The van der Waals surface area contributed by atoms with Gasteiger partial charge in [-0.3, -0.25) is 0 Å². The first-order valence-electron chi connectivity index (χ1n) is 5.20. The average Bonchev–Trinajstić information content (AvgIpc) is 2.51. The number of nitrogens with two attached hydrogens (primary N) is 1. The molecule has 4 nitrogen and oxygen atoms in total. The van der Waals surface area contributed by atoms with Crippen molar-refractivity contribution in [2.24, 2.45) is 5.73 Å². The Bertz CT molecular complexity index is 317. The van der Waals surface area contributed by atoms with E-state index in [9.17, 15) is 0 Å². The summed E-state index contributed by atoms with van der Waals surface area (Å²) in [5.74, 6) is 1.26. The Morgan fingerprint density at radius 3 is 2.33 bits per heavy atom. The number of aromatic nitrogens is 2. The molecule has 0 aromatic carbocycles. The molecule has 0 bridgehead atoms. The van der Waals surface area contributed by atoms with Crippen molar-refractivity contribution in [2.45, 2.75) is 52.1 Å². The van der Waals surface area contributed by atoms with Gasteiger partial charge in [0.05, 0.1) is 0 Å². The molecule has 0 amide bonds. The van der Waals surface area contributed by atoms with E-state index in [-0.39, 0.29) is 11.6 Å². The molecule has 0 saturated carbocycles. The van der Waals surface area contributed by atoms with Crippen LogP contribution in [0.25, 0.3) is 0 Å². The first kappa shape index (κ1) is 12.4. The van der Waals surface area contributed by atoms with Crippen LogP contribution < -0.4 is 11.1 Å². The smallest absolute Gasteiger partial charge is 0.203 e. The molecule has 0 aliphatic rings. The maximum absolute atomic E-state index is 5.88. The summed E-state index contributed by atoms with van der Waals surface area (Å²) in [4.78, 5) is 4.42. The molecule has 1 aromatic rings. The summed E-state index contributed by atoms with van der Waals surface area (Å²) < 4.78 is 4.29. The van der Waals surface area contributed by atoms with Gasteiger partial charge in [0, 0.05) is 29.0 Å². The third-order valence-corrected chi connectivity index (χ3v) is 3.17. The van der Waals surface area contributed by atoms with Crippen LogP contribution in [0.4, 0.5) is 5.13 Å². The van der Waals surface area contributed by atoms with E-state index < -0.39 is 0 Å². The van der Waals surface area contributed by atoms with Crippen molar-refractivity contribution < 1.29 is 0 Å². The summed E-state index contributed by atoms with van der Waals surface area (Å²) in [7, 11) is 0. The Hall–Kier alpha value is -0.680. The zero-order chi connectivity index (χ0) is 11.6. The summed E-state index contributed by atoms with van der Waals surface area (Å²) in [6.07, 6.45) is 0. The summed E-state index contributed by atoms with van der Waals surface area (Å²) in [6.45, 7) is 10.3. The predicted octanol–water partition coefficient (Wildman–Crippen LogP) is 2.20. The molecule has 5 heteroatoms. The van der Waals surface area contributed by atoms with Crippen molar-refractivity contribution in [2.75, 3.05) is 5.32 Å². The van der Waals surface area contributed by atoms with Gasteiger partial charge in [-0.2, -0.15) is 4.37 Å². The molecule has 15 heavy (non-hydrogen) atoms. The largest absolute Gasteiger partial charge is 0.354 e. The minimum Gasteiger partial charge on any atom is -0.354 e. The second-order valence-corrected chi connectivity index (χ2v) is 5.50. The fraction of sp³-hybridized carbons (Fsp3) is 0.800. The minimum absolute atomic E-state index is 0.0592. The van der Waals surface area contributed by atoms with Gasteiger partial charge in [0.1, 0.15) is 5.82 Å². The number of nitrogens with one attached hydrogen (secondary N) is 1. The van der Waals surface area contributed by atoms with Crippen molar-refractivity contribution >= 4 is 16.7 Å². The fourth-order valence-electron chi connectivity index (χ4n) is 0.910. The summed E-state index contributed by atoms with van der Waals surface area (Å²) in [5, 5.41) is 4.16. The zero-order valence-corrected chi connectivity index (χ0v) is 10.9. The van der Waals surface area contributed by atoms with Gasteiger partial charge in [0.25, 0.3) is 0 Å². The molecule has 0 radical (unpaired) electrons. The highest BCUT2D eigenvalue weighted by Crippen LogP contribution is 2.21. The van der Waals surface area contributed by atoms with Gasteiger partial charge in [-0.25, -0.2) is 4.98 Å². The predicted molar refractivity (Wildman–Crippen MR) is 65.3 cm³/mol. The van der Waals surface area contributed by atoms with Gasteiger partial charge >= 0.3 is 0 Å². The third kappa shape index (κ3) is 3.14. The number of hydrogen-bond acceptors (Lipinski definition) is 5. The Balaban J connectivity index is 2.73. The molecule has 1 rings (SSSR count). The fourth-order valence-corrected chi connectivity index (χ4v) is 1.78. The molecule has 0 aliphatic carbocycles. The molecule has 0 fully saturated rings. The van der Waals surface area contributed by atoms with Crippen molar-refractivity contribution in [3.05, 3.63) is 5.82 Å². The first-order valence-corrected chi connectivity index (χ1v) is 5.97. The first-order chi connectivity index (χ1) is 6.83. The van der Waals surface area contributed by atoms with Gasteiger partial charge in [-0.05, 0) is 20.8 Å². The van der Waals surface area contributed by atoms with Crippen LogP contribution in [0.15, 0.2) is 0 Å². The second kappa shape index (κ2) is 4.45. The number of anilines is 1. The Kier molecular flexibility index (Phi) is 3.67. The monoisotopic (exact) mass is 228 g/mol. The van der Waals surface area contributed by atoms with E-state index in [0.717, 1.165) is 11.0 Å². The number of nitrogens with zero attached hydrogens (tertiary/aromatic N) is 2. The van der Waals surface area contributed by atoms with Crippen molar-refractivity contribution in [1.29, 1.82) is 0 Å². The second-order valence-electron chi connectivity index (χ2n) is 4.75. The average molecular weight is 228 g/mol. The van der Waals surface area contributed by atoms with E-state index in [1.165, 1.54) is 11.5 Å². The lowest BCUT2D eigenvalue weighted by molar-refractivity contribution is 0.470. The quantitative estimate of drug-likeness (QED) is 0.829. The number of hydrogen-bond donors (Lipinski definition) is 2. The van der Waals surface area contributed by atoms with Crippen molar-refractivity contribution in [3.63, 3.8) is 0 Å². The minimum atomic E-state index is -0.159. The van der Waals surface area contributed by atoms with Crippen LogP contribution in [0.1, 0.15) is 46.4 Å². The summed E-state index contributed by atoms with van der Waals surface area (Å²) in [6, 6.07) is 0.0592. The van der Waals surface area contributed by atoms with Gasteiger partial charge in [0.2, 0.25) is 5.13 Å². The summed E-state index contributed by atoms with van der Waals surface area (Å²) in [5.41, 5.74) is 5.72.